The second-order valence-corrected chi connectivity index (χ2v) is 5.20. The molecule has 2 nitrogen and oxygen atoms in total. The van der Waals surface area contributed by atoms with Crippen LogP contribution in [0.4, 0.5) is 0 Å². The maximum absolute atomic E-state index is 5.87. The number of rotatable bonds is 3. The third-order valence-electron chi connectivity index (χ3n) is 2.22. The summed E-state index contributed by atoms with van der Waals surface area (Å²) in [7, 11) is 0. The summed E-state index contributed by atoms with van der Waals surface area (Å²) >= 11 is 9.22. The van der Waals surface area contributed by atoms with E-state index in [1.165, 1.54) is 4.90 Å². The third kappa shape index (κ3) is 2.24. The Bertz CT molecular complexity index is 479. The molecule has 0 fully saturated rings. The van der Waals surface area contributed by atoms with Crippen LogP contribution in [0.5, 0.6) is 0 Å². The van der Waals surface area contributed by atoms with E-state index in [1.54, 1.807) is 23.5 Å². The minimum absolute atomic E-state index is 0.749. The molecule has 1 aromatic carbocycles. The lowest BCUT2D eigenvalue weighted by Gasteiger charge is -2.01. The lowest BCUT2D eigenvalue weighted by atomic mass is 10.2. The molecule has 84 valence electrons. The van der Waals surface area contributed by atoms with Gasteiger partial charge in [-0.05, 0) is 24.6 Å². The SMILES string of the molecule is CSc1n[nH]c(-c2ccc(Cl)cc2)c1SC. The van der Waals surface area contributed by atoms with E-state index in [0.717, 1.165) is 21.3 Å². The second-order valence-electron chi connectivity index (χ2n) is 3.15. The van der Waals surface area contributed by atoms with Gasteiger partial charge in [0.05, 0.1) is 10.6 Å². The van der Waals surface area contributed by atoms with Gasteiger partial charge in [-0.2, -0.15) is 5.10 Å². The molecular formula is C11H11ClN2S2. The smallest absolute Gasteiger partial charge is 0.132 e. The van der Waals surface area contributed by atoms with Crippen LogP contribution in [0, 0.1) is 0 Å². The molecule has 0 saturated heterocycles. The predicted octanol–water partition coefficient (Wildman–Crippen LogP) is 4.17. The van der Waals surface area contributed by atoms with Crippen molar-refractivity contribution in [3.63, 3.8) is 0 Å². The maximum Gasteiger partial charge on any atom is 0.132 e. The van der Waals surface area contributed by atoms with Gasteiger partial charge in [0, 0.05) is 10.6 Å². The van der Waals surface area contributed by atoms with Crippen LogP contribution in [0.25, 0.3) is 11.3 Å². The first-order valence-corrected chi connectivity index (χ1v) is 7.51. The Kier molecular flexibility index (Phi) is 3.84. The summed E-state index contributed by atoms with van der Waals surface area (Å²) in [4.78, 5) is 1.19. The summed E-state index contributed by atoms with van der Waals surface area (Å²) in [5.41, 5.74) is 2.18. The fourth-order valence-electron chi connectivity index (χ4n) is 1.46. The quantitative estimate of drug-likeness (QED) is 0.849. The highest BCUT2D eigenvalue weighted by Crippen LogP contribution is 2.35. The van der Waals surface area contributed by atoms with Crippen molar-refractivity contribution in [2.24, 2.45) is 0 Å². The summed E-state index contributed by atoms with van der Waals surface area (Å²) in [6.07, 6.45) is 4.09. The minimum atomic E-state index is 0.749. The first kappa shape index (κ1) is 11.9. The van der Waals surface area contributed by atoms with E-state index in [2.05, 4.69) is 16.5 Å². The Labute approximate surface area is 108 Å². The van der Waals surface area contributed by atoms with E-state index in [4.69, 9.17) is 11.6 Å². The van der Waals surface area contributed by atoms with Crippen LogP contribution >= 0.6 is 35.1 Å². The summed E-state index contributed by atoms with van der Waals surface area (Å²) in [5.74, 6) is 0. The number of aromatic nitrogens is 2. The van der Waals surface area contributed by atoms with E-state index in [0.29, 0.717) is 0 Å². The van der Waals surface area contributed by atoms with Gasteiger partial charge in [-0.25, -0.2) is 0 Å². The van der Waals surface area contributed by atoms with Gasteiger partial charge in [0.25, 0.3) is 0 Å². The van der Waals surface area contributed by atoms with Crippen molar-refractivity contribution < 1.29 is 0 Å². The molecule has 0 aliphatic rings. The van der Waals surface area contributed by atoms with Gasteiger partial charge >= 0.3 is 0 Å². The molecule has 1 heterocycles. The minimum Gasteiger partial charge on any atom is -0.276 e. The molecule has 16 heavy (non-hydrogen) atoms. The maximum atomic E-state index is 5.87. The first-order valence-electron chi connectivity index (χ1n) is 4.68. The zero-order valence-corrected chi connectivity index (χ0v) is 11.3. The Morgan fingerprint density at radius 2 is 1.81 bits per heavy atom. The summed E-state index contributed by atoms with van der Waals surface area (Å²) < 4.78 is 0. The highest BCUT2D eigenvalue weighted by atomic mass is 35.5. The fourth-order valence-corrected chi connectivity index (χ4v) is 3.09. The molecule has 2 aromatic rings. The van der Waals surface area contributed by atoms with E-state index in [9.17, 15) is 0 Å². The molecule has 2 rings (SSSR count). The van der Waals surface area contributed by atoms with Crippen molar-refractivity contribution in [2.45, 2.75) is 9.92 Å². The van der Waals surface area contributed by atoms with Crippen LogP contribution in [0.3, 0.4) is 0 Å². The summed E-state index contributed by atoms with van der Waals surface area (Å²) in [6.45, 7) is 0. The third-order valence-corrected chi connectivity index (χ3v) is 4.09. The Hall–Kier alpha value is -0.580. The Balaban J connectivity index is 2.47. The van der Waals surface area contributed by atoms with Crippen molar-refractivity contribution in [3.05, 3.63) is 29.3 Å². The highest BCUT2D eigenvalue weighted by Gasteiger charge is 2.12. The number of H-pyrrole nitrogens is 1. The molecule has 0 saturated carbocycles. The largest absolute Gasteiger partial charge is 0.276 e. The summed E-state index contributed by atoms with van der Waals surface area (Å²) in [6, 6.07) is 7.78. The Morgan fingerprint density at radius 1 is 1.12 bits per heavy atom. The number of hydrogen-bond donors (Lipinski definition) is 1. The van der Waals surface area contributed by atoms with Gasteiger partial charge in [0.1, 0.15) is 5.03 Å². The lowest BCUT2D eigenvalue weighted by Crippen LogP contribution is -1.79. The number of aromatic amines is 1. The number of nitrogens with zero attached hydrogens (tertiary/aromatic N) is 1. The average molecular weight is 271 g/mol. The average Bonchev–Trinajstić information content (AvgIpc) is 2.72. The van der Waals surface area contributed by atoms with Crippen LogP contribution in [-0.2, 0) is 0 Å². The van der Waals surface area contributed by atoms with Crippen LogP contribution in [0.2, 0.25) is 5.02 Å². The molecule has 5 heteroatoms. The predicted molar refractivity (Wildman–Crippen MR) is 72.6 cm³/mol. The van der Waals surface area contributed by atoms with E-state index in [1.807, 2.05) is 30.5 Å². The molecule has 0 aliphatic heterocycles. The van der Waals surface area contributed by atoms with Gasteiger partial charge in [-0.3, -0.25) is 5.10 Å². The molecule has 0 aliphatic carbocycles. The molecule has 0 spiro atoms. The van der Waals surface area contributed by atoms with Gasteiger partial charge in [0.15, 0.2) is 0 Å². The molecule has 0 bridgehead atoms. The number of thioether (sulfide) groups is 2. The number of halogens is 1. The molecule has 1 N–H and O–H groups in total. The van der Waals surface area contributed by atoms with E-state index >= 15 is 0 Å². The van der Waals surface area contributed by atoms with Crippen molar-refractivity contribution >= 4 is 35.1 Å². The first-order chi connectivity index (χ1) is 7.76. The van der Waals surface area contributed by atoms with Crippen molar-refractivity contribution in [1.29, 1.82) is 0 Å². The lowest BCUT2D eigenvalue weighted by molar-refractivity contribution is 0.994. The molecule has 0 amide bonds. The summed E-state index contributed by atoms with van der Waals surface area (Å²) in [5, 5.41) is 9.15. The normalized spacial score (nSPS) is 10.7. The molecular weight excluding hydrogens is 260 g/mol. The second kappa shape index (κ2) is 5.17. The number of benzene rings is 1. The van der Waals surface area contributed by atoms with Crippen molar-refractivity contribution in [1.82, 2.24) is 10.2 Å². The van der Waals surface area contributed by atoms with Gasteiger partial charge in [-0.15, -0.1) is 23.5 Å². The fraction of sp³-hybridized carbons (Fsp3) is 0.182. The van der Waals surface area contributed by atoms with Gasteiger partial charge in [-0.1, -0.05) is 23.7 Å². The van der Waals surface area contributed by atoms with Gasteiger partial charge in [0.2, 0.25) is 0 Å². The van der Waals surface area contributed by atoms with E-state index < -0.39 is 0 Å². The van der Waals surface area contributed by atoms with Crippen LogP contribution < -0.4 is 0 Å². The van der Waals surface area contributed by atoms with Crippen molar-refractivity contribution in [3.8, 4) is 11.3 Å². The molecule has 0 atom stereocenters. The zero-order valence-electron chi connectivity index (χ0n) is 8.95. The van der Waals surface area contributed by atoms with Crippen LogP contribution in [0.1, 0.15) is 0 Å². The van der Waals surface area contributed by atoms with Crippen molar-refractivity contribution in [2.75, 3.05) is 12.5 Å². The standard InChI is InChI=1S/C11H11ClN2S2/c1-15-10-9(13-14-11(10)16-2)7-3-5-8(12)6-4-7/h3-6H,1-2H3,(H,13,14). The molecule has 0 radical (unpaired) electrons. The monoisotopic (exact) mass is 270 g/mol. The number of nitrogens with one attached hydrogen (secondary N) is 1. The number of hydrogen-bond acceptors (Lipinski definition) is 3. The highest BCUT2D eigenvalue weighted by molar-refractivity contribution is 8.01. The molecule has 0 unspecified atom stereocenters. The van der Waals surface area contributed by atoms with Gasteiger partial charge < -0.3 is 0 Å². The zero-order chi connectivity index (χ0) is 11.5. The Morgan fingerprint density at radius 3 is 2.38 bits per heavy atom. The van der Waals surface area contributed by atoms with Crippen LogP contribution in [-0.4, -0.2) is 22.7 Å². The van der Waals surface area contributed by atoms with Crippen LogP contribution in [0.15, 0.2) is 34.2 Å². The molecule has 1 aromatic heterocycles. The topological polar surface area (TPSA) is 28.7 Å². The van der Waals surface area contributed by atoms with E-state index in [-0.39, 0.29) is 0 Å².